The maximum atomic E-state index is 14.2. The van der Waals surface area contributed by atoms with Crippen LogP contribution in [0.15, 0.2) is 65.6 Å². The molecule has 0 radical (unpaired) electrons. The average molecular weight is 686 g/mol. The van der Waals surface area contributed by atoms with Crippen molar-refractivity contribution in [2.45, 2.75) is 69.5 Å². The summed E-state index contributed by atoms with van der Waals surface area (Å²) in [6.45, 7) is 2.65. The van der Waals surface area contributed by atoms with Gasteiger partial charge in [0.1, 0.15) is 12.6 Å². The van der Waals surface area contributed by atoms with Gasteiger partial charge in [-0.3, -0.25) is 13.9 Å². The van der Waals surface area contributed by atoms with Gasteiger partial charge in [-0.15, -0.1) is 0 Å². The third-order valence-electron chi connectivity index (χ3n) is 7.60. The second-order valence-electron chi connectivity index (χ2n) is 10.6. The quantitative estimate of drug-likeness (QED) is 0.238. The van der Waals surface area contributed by atoms with Gasteiger partial charge < -0.3 is 10.2 Å². The van der Waals surface area contributed by atoms with Crippen LogP contribution in [0.4, 0.5) is 5.69 Å². The lowest BCUT2D eigenvalue weighted by atomic mass is 9.95. The molecule has 0 saturated heterocycles. The minimum Gasteiger partial charge on any atom is -0.352 e. The van der Waals surface area contributed by atoms with Crippen molar-refractivity contribution < 1.29 is 18.0 Å². The molecule has 1 N–H and O–H groups in total. The molecule has 230 valence electrons. The number of nitrogens with zero attached hydrogens (tertiary/aromatic N) is 2. The van der Waals surface area contributed by atoms with Crippen molar-refractivity contribution in [2.24, 2.45) is 0 Å². The SMILES string of the molecule is Cc1ccc(S(=O)(=O)N(CC(=O)N(Cc2c(Cl)cccc2Cl)[C@@H](C)C(=O)NC2CCCCC2)c2cccc(Cl)c2Cl)cc1. The van der Waals surface area contributed by atoms with Crippen molar-refractivity contribution in [1.29, 1.82) is 0 Å². The van der Waals surface area contributed by atoms with E-state index in [2.05, 4.69) is 5.32 Å². The summed E-state index contributed by atoms with van der Waals surface area (Å²) in [4.78, 5) is 28.9. The van der Waals surface area contributed by atoms with E-state index in [1.807, 2.05) is 6.92 Å². The van der Waals surface area contributed by atoms with E-state index in [9.17, 15) is 18.0 Å². The molecule has 1 atom stereocenters. The van der Waals surface area contributed by atoms with E-state index in [0.717, 1.165) is 42.0 Å². The van der Waals surface area contributed by atoms with Gasteiger partial charge in [0, 0.05) is 28.2 Å². The highest BCUT2D eigenvalue weighted by Gasteiger charge is 2.34. The van der Waals surface area contributed by atoms with Crippen molar-refractivity contribution in [2.75, 3.05) is 10.8 Å². The Balaban J connectivity index is 1.74. The highest BCUT2D eigenvalue weighted by molar-refractivity contribution is 7.92. The molecule has 0 spiro atoms. The predicted octanol–water partition coefficient (Wildman–Crippen LogP) is 7.67. The number of nitrogens with one attached hydrogen (secondary N) is 1. The van der Waals surface area contributed by atoms with Crippen molar-refractivity contribution in [3.05, 3.63) is 91.9 Å². The first-order valence-corrected chi connectivity index (χ1v) is 16.9. The molecular formula is C31H33Cl4N3O4S. The van der Waals surface area contributed by atoms with Crippen molar-refractivity contribution in [3.63, 3.8) is 0 Å². The van der Waals surface area contributed by atoms with Gasteiger partial charge >= 0.3 is 0 Å². The fraction of sp³-hybridized carbons (Fsp3) is 0.355. The molecule has 1 aliphatic rings. The summed E-state index contributed by atoms with van der Waals surface area (Å²) in [7, 11) is -4.31. The van der Waals surface area contributed by atoms with Crippen LogP contribution in [-0.4, -0.2) is 43.8 Å². The monoisotopic (exact) mass is 683 g/mol. The highest BCUT2D eigenvalue weighted by atomic mass is 35.5. The molecule has 43 heavy (non-hydrogen) atoms. The Morgan fingerprint density at radius 1 is 0.884 bits per heavy atom. The molecule has 7 nitrogen and oxygen atoms in total. The van der Waals surface area contributed by atoms with Crippen molar-refractivity contribution in [3.8, 4) is 0 Å². The topological polar surface area (TPSA) is 86.8 Å². The maximum absolute atomic E-state index is 14.2. The lowest BCUT2D eigenvalue weighted by Crippen LogP contribution is -2.53. The summed E-state index contributed by atoms with van der Waals surface area (Å²) in [5.74, 6) is -1.01. The molecule has 12 heteroatoms. The fourth-order valence-corrected chi connectivity index (χ4v) is 7.43. The number of carbonyl (C=O) groups is 2. The first-order valence-electron chi connectivity index (χ1n) is 14.0. The van der Waals surface area contributed by atoms with E-state index in [1.54, 1.807) is 43.3 Å². The molecule has 1 fully saturated rings. The number of hydrogen-bond donors (Lipinski definition) is 1. The Labute approximate surface area is 273 Å². The van der Waals surface area contributed by atoms with Gasteiger partial charge in [0.15, 0.2) is 0 Å². The molecule has 0 aliphatic heterocycles. The molecule has 4 rings (SSSR count). The molecule has 3 aromatic rings. The Kier molecular flexibility index (Phi) is 11.3. The molecule has 0 aromatic heterocycles. The molecule has 1 aliphatic carbocycles. The van der Waals surface area contributed by atoms with Crippen LogP contribution in [0.25, 0.3) is 0 Å². The summed E-state index contributed by atoms with van der Waals surface area (Å²) in [5.41, 5.74) is 1.33. The van der Waals surface area contributed by atoms with E-state index in [0.29, 0.717) is 15.6 Å². The zero-order valence-electron chi connectivity index (χ0n) is 23.8. The number of rotatable bonds is 10. The standard InChI is InChI=1S/C31H33Cl4N3O4S/c1-20-14-16-23(17-15-20)43(41,42)38(28-13-7-12-27(34)30(28)35)19-29(39)37(18-24-25(32)10-6-11-26(24)33)21(2)31(40)36-22-8-4-3-5-9-22/h6-7,10-17,21-22H,3-5,8-9,18-19H2,1-2H3,(H,36,40)/t21-/m0/s1. The van der Waals surface area contributed by atoms with Crippen LogP contribution in [0, 0.1) is 6.92 Å². The van der Waals surface area contributed by atoms with Gasteiger partial charge in [0.05, 0.1) is 20.6 Å². The third kappa shape index (κ3) is 7.97. The van der Waals surface area contributed by atoms with E-state index in [-0.39, 0.29) is 39.1 Å². The molecule has 0 unspecified atom stereocenters. The Morgan fingerprint density at radius 2 is 1.47 bits per heavy atom. The van der Waals surface area contributed by atoms with Crippen LogP contribution in [0.3, 0.4) is 0 Å². The number of aryl methyl sites for hydroxylation is 1. The van der Waals surface area contributed by atoms with Gasteiger partial charge in [0.25, 0.3) is 10.0 Å². The van der Waals surface area contributed by atoms with Gasteiger partial charge in [-0.25, -0.2) is 8.42 Å². The average Bonchev–Trinajstić information content (AvgIpc) is 2.97. The zero-order valence-corrected chi connectivity index (χ0v) is 27.7. The van der Waals surface area contributed by atoms with Crippen LogP contribution in [0.5, 0.6) is 0 Å². The van der Waals surface area contributed by atoms with Gasteiger partial charge in [-0.1, -0.05) is 95.5 Å². The Bertz CT molecular complexity index is 1560. The number of carbonyl (C=O) groups excluding carboxylic acids is 2. The molecule has 3 aromatic carbocycles. The fourth-order valence-electron chi connectivity index (χ4n) is 5.04. The summed E-state index contributed by atoms with van der Waals surface area (Å²) in [5, 5.41) is 3.78. The molecule has 1 saturated carbocycles. The summed E-state index contributed by atoms with van der Waals surface area (Å²) in [6, 6.07) is 14.8. The lowest BCUT2D eigenvalue weighted by molar-refractivity contribution is -0.139. The number of sulfonamides is 1. The first kappa shape index (κ1) is 33.4. The Hall–Kier alpha value is -2.49. The van der Waals surface area contributed by atoms with Gasteiger partial charge in [0.2, 0.25) is 11.8 Å². The lowest BCUT2D eigenvalue weighted by Gasteiger charge is -2.33. The van der Waals surface area contributed by atoms with E-state index in [4.69, 9.17) is 46.4 Å². The molecule has 2 amide bonds. The zero-order chi connectivity index (χ0) is 31.3. The minimum atomic E-state index is -4.31. The Morgan fingerprint density at radius 3 is 2.09 bits per heavy atom. The van der Waals surface area contributed by atoms with Crippen LogP contribution in [0.1, 0.15) is 50.2 Å². The summed E-state index contributed by atoms with van der Waals surface area (Å²) >= 11 is 25.7. The van der Waals surface area contributed by atoms with Crippen LogP contribution in [-0.2, 0) is 26.2 Å². The molecular weight excluding hydrogens is 652 g/mol. The van der Waals surface area contributed by atoms with Crippen molar-refractivity contribution in [1.82, 2.24) is 10.2 Å². The number of hydrogen-bond acceptors (Lipinski definition) is 4. The van der Waals surface area contributed by atoms with Crippen LogP contribution < -0.4 is 9.62 Å². The highest BCUT2D eigenvalue weighted by Crippen LogP contribution is 2.36. The third-order valence-corrected chi connectivity index (χ3v) is 10.9. The molecule has 0 heterocycles. The largest absolute Gasteiger partial charge is 0.352 e. The van der Waals surface area contributed by atoms with E-state index < -0.39 is 28.5 Å². The van der Waals surface area contributed by atoms with Crippen LogP contribution in [0.2, 0.25) is 20.1 Å². The van der Waals surface area contributed by atoms with E-state index >= 15 is 0 Å². The number of benzene rings is 3. The normalized spacial score (nSPS) is 14.7. The second kappa shape index (κ2) is 14.5. The number of anilines is 1. The molecule has 0 bridgehead atoms. The van der Waals surface area contributed by atoms with Crippen molar-refractivity contribution >= 4 is 73.9 Å². The number of amides is 2. The van der Waals surface area contributed by atoms with Gasteiger partial charge in [-0.2, -0.15) is 0 Å². The predicted molar refractivity (Wildman–Crippen MR) is 174 cm³/mol. The second-order valence-corrected chi connectivity index (χ2v) is 14.1. The number of halogens is 4. The summed E-state index contributed by atoms with van der Waals surface area (Å²) < 4.78 is 29.0. The first-order chi connectivity index (χ1) is 20.4. The smallest absolute Gasteiger partial charge is 0.264 e. The van der Waals surface area contributed by atoms with Gasteiger partial charge in [-0.05, 0) is 63.1 Å². The van der Waals surface area contributed by atoms with Crippen LogP contribution >= 0.6 is 46.4 Å². The minimum absolute atomic E-state index is 0.00762. The van der Waals surface area contributed by atoms with E-state index in [1.165, 1.54) is 29.2 Å². The maximum Gasteiger partial charge on any atom is 0.264 e. The summed E-state index contributed by atoms with van der Waals surface area (Å²) in [6.07, 6.45) is 4.87.